The molecule has 6 unspecified atom stereocenters. The van der Waals surface area contributed by atoms with Gasteiger partial charge in [-0.1, -0.05) is 179 Å². The number of allylic oxidation sites excluding steroid dienone is 6. The first-order valence-electron chi connectivity index (χ1n) is 24.3. The molecule has 62 heavy (non-hydrogen) atoms. The Morgan fingerprint density at radius 1 is 0.516 bits per heavy atom. The van der Waals surface area contributed by atoms with Crippen molar-refractivity contribution in [2.24, 2.45) is 0 Å². The van der Waals surface area contributed by atoms with E-state index >= 15 is 0 Å². The molecule has 0 aromatic rings. The highest BCUT2D eigenvalue weighted by molar-refractivity contribution is 7.47. The van der Waals surface area contributed by atoms with E-state index in [4.69, 9.17) is 18.5 Å². The Bertz CT molecular complexity index is 1230. The van der Waals surface area contributed by atoms with Crippen LogP contribution in [0.4, 0.5) is 0 Å². The lowest BCUT2D eigenvalue weighted by Crippen LogP contribution is -2.64. The predicted octanol–water partition coefficient (Wildman–Crippen LogP) is 9.78. The summed E-state index contributed by atoms with van der Waals surface area (Å²) in [6.45, 7) is 3.20. The molecule has 0 aromatic carbocycles. The minimum absolute atomic E-state index is 0.0869. The fourth-order valence-electron chi connectivity index (χ4n) is 7.36. The highest BCUT2D eigenvalue weighted by Crippen LogP contribution is 2.47. The number of rotatable bonds is 40. The third-order valence-electron chi connectivity index (χ3n) is 11.2. The van der Waals surface area contributed by atoms with Crippen LogP contribution in [0.25, 0.3) is 0 Å². The Labute approximate surface area is 374 Å². The number of aliphatic hydroxyl groups is 5. The Balaban J connectivity index is 2.43. The zero-order chi connectivity index (χ0) is 45.7. The van der Waals surface area contributed by atoms with Gasteiger partial charge in [0.15, 0.2) is 6.10 Å². The highest BCUT2D eigenvalue weighted by atomic mass is 31.2. The van der Waals surface area contributed by atoms with E-state index in [9.17, 15) is 44.6 Å². The summed E-state index contributed by atoms with van der Waals surface area (Å²) in [4.78, 5) is 35.8. The van der Waals surface area contributed by atoms with Gasteiger partial charge >= 0.3 is 19.8 Å². The number of unbranched alkanes of at least 4 members (excludes halogenated alkanes) is 22. The van der Waals surface area contributed by atoms with Crippen LogP contribution < -0.4 is 0 Å². The number of phosphoric ester groups is 1. The summed E-state index contributed by atoms with van der Waals surface area (Å²) in [6, 6.07) is 0. The molecule has 6 atom stereocenters. The predicted molar refractivity (Wildman–Crippen MR) is 244 cm³/mol. The van der Waals surface area contributed by atoms with Gasteiger partial charge in [-0.3, -0.25) is 18.6 Å². The minimum atomic E-state index is -5.12. The molecule has 0 amide bonds. The molecule has 362 valence electrons. The lowest BCUT2D eigenvalue weighted by Gasteiger charge is -2.41. The van der Waals surface area contributed by atoms with Gasteiger partial charge in [-0.2, -0.15) is 0 Å². The monoisotopic (exact) mass is 903 g/mol. The van der Waals surface area contributed by atoms with Crippen molar-refractivity contribution in [1.29, 1.82) is 0 Å². The second-order valence-electron chi connectivity index (χ2n) is 16.9. The molecule has 0 aromatic heterocycles. The standard InChI is InChI=1S/C48H87O13P/c1-3-5-7-9-11-13-15-17-19-21-23-25-27-29-31-33-35-37-42(50)60-40(39-59-62(56,57)61-48-46(54)44(52)43(51)45(53)47(48)55)38-58-41(49)36-34-32-30-28-26-24-22-20-18-16-14-12-10-8-6-4-2/h5,7,11,13,17,19,40,43-48,51-55H,3-4,6,8-10,12,14-16,18,20-39H2,1-2H3,(H,56,57)/b7-5-,13-11-,19-17-. The molecule has 1 rings (SSSR count). The van der Waals surface area contributed by atoms with Crippen LogP contribution in [-0.2, 0) is 32.7 Å². The van der Waals surface area contributed by atoms with E-state index in [0.29, 0.717) is 12.8 Å². The Morgan fingerprint density at radius 2 is 0.919 bits per heavy atom. The molecule has 0 radical (unpaired) electrons. The maximum absolute atomic E-state index is 12.8. The molecule has 14 heteroatoms. The van der Waals surface area contributed by atoms with Crippen LogP contribution in [0.5, 0.6) is 0 Å². The fourth-order valence-corrected chi connectivity index (χ4v) is 8.33. The van der Waals surface area contributed by atoms with Gasteiger partial charge in [0, 0.05) is 12.8 Å². The number of carbonyl (C=O) groups excluding carboxylic acids is 2. The summed E-state index contributed by atoms with van der Waals surface area (Å²) >= 11 is 0. The second-order valence-corrected chi connectivity index (χ2v) is 18.3. The Kier molecular flexibility index (Phi) is 35.9. The summed E-state index contributed by atoms with van der Waals surface area (Å²) in [7, 11) is -5.12. The smallest absolute Gasteiger partial charge is 0.462 e. The molecule has 6 N–H and O–H groups in total. The number of hydrogen-bond donors (Lipinski definition) is 6. The first-order chi connectivity index (χ1) is 29.9. The minimum Gasteiger partial charge on any atom is -0.462 e. The molecule has 0 spiro atoms. The summed E-state index contributed by atoms with van der Waals surface area (Å²) < 4.78 is 33.6. The molecular weight excluding hydrogens is 815 g/mol. The number of esters is 2. The van der Waals surface area contributed by atoms with Crippen LogP contribution in [0.3, 0.4) is 0 Å². The first-order valence-corrected chi connectivity index (χ1v) is 25.8. The van der Waals surface area contributed by atoms with E-state index in [1.54, 1.807) is 0 Å². The summed E-state index contributed by atoms with van der Waals surface area (Å²) in [5.74, 6) is -1.10. The van der Waals surface area contributed by atoms with Crippen molar-refractivity contribution in [2.45, 2.75) is 243 Å². The summed E-state index contributed by atoms with van der Waals surface area (Å²) in [5, 5.41) is 50.2. The van der Waals surface area contributed by atoms with Crippen molar-refractivity contribution >= 4 is 19.8 Å². The van der Waals surface area contributed by atoms with Crippen molar-refractivity contribution in [2.75, 3.05) is 13.2 Å². The maximum atomic E-state index is 12.8. The van der Waals surface area contributed by atoms with Gasteiger partial charge in [0.1, 0.15) is 43.2 Å². The van der Waals surface area contributed by atoms with Crippen LogP contribution in [0.2, 0.25) is 0 Å². The van der Waals surface area contributed by atoms with E-state index in [0.717, 1.165) is 83.5 Å². The van der Waals surface area contributed by atoms with Crippen LogP contribution in [0, 0.1) is 0 Å². The maximum Gasteiger partial charge on any atom is 0.472 e. The molecule has 1 fully saturated rings. The van der Waals surface area contributed by atoms with Gasteiger partial charge in [0.25, 0.3) is 0 Å². The van der Waals surface area contributed by atoms with Crippen molar-refractivity contribution in [3.63, 3.8) is 0 Å². The van der Waals surface area contributed by atoms with E-state index in [2.05, 4.69) is 50.3 Å². The van der Waals surface area contributed by atoms with E-state index in [-0.39, 0.29) is 12.8 Å². The SMILES string of the molecule is CC/C=C\C/C=C\C/C=C\CCCCCCCCCC(=O)OC(COC(=O)CCCCCCCCCCCCCCCCCC)COP(=O)(O)OC1C(O)C(O)C(O)C(O)C1O. The van der Waals surface area contributed by atoms with Gasteiger partial charge < -0.3 is 39.9 Å². The Morgan fingerprint density at radius 3 is 1.40 bits per heavy atom. The average Bonchev–Trinajstić information content (AvgIpc) is 3.25. The van der Waals surface area contributed by atoms with Crippen molar-refractivity contribution in [3.05, 3.63) is 36.5 Å². The zero-order valence-electron chi connectivity index (χ0n) is 38.4. The quantitative estimate of drug-likeness (QED) is 0.0147. The first kappa shape index (κ1) is 58.1. The van der Waals surface area contributed by atoms with Gasteiger partial charge in [-0.25, -0.2) is 4.57 Å². The van der Waals surface area contributed by atoms with Crippen LogP contribution in [0.15, 0.2) is 36.5 Å². The van der Waals surface area contributed by atoms with Crippen LogP contribution in [-0.4, -0.2) is 98.3 Å². The van der Waals surface area contributed by atoms with Crippen LogP contribution in [0.1, 0.15) is 200 Å². The van der Waals surface area contributed by atoms with Crippen molar-refractivity contribution in [3.8, 4) is 0 Å². The second kappa shape index (κ2) is 38.3. The zero-order valence-corrected chi connectivity index (χ0v) is 39.3. The Hall–Kier alpha value is -1.93. The highest BCUT2D eigenvalue weighted by Gasteiger charge is 2.51. The van der Waals surface area contributed by atoms with Gasteiger partial charge in [-0.05, 0) is 44.9 Å². The van der Waals surface area contributed by atoms with Crippen molar-refractivity contribution < 1.29 is 63.1 Å². The topological polar surface area (TPSA) is 210 Å². The largest absolute Gasteiger partial charge is 0.472 e. The fraction of sp³-hybridized carbons (Fsp3) is 0.833. The number of ether oxygens (including phenoxy) is 2. The van der Waals surface area contributed by atoms with E-state index < -0.39 is 75.7 Å². The average molecular weight is 903 g/mol. The van der Waals surface area contributed by atoms with Gasteiger partial charge in [-0.15, -0.1) is 0 Å². The van der Waals surface area contributed by atoms with Gasteiger partial charge in [0.05, 0.1) is 6.61 Å². The molecule has 0 aliphatic heterocycles. The normalized spacial score (nSPS) is 22.1. The van der Waals surface area contributed by atoms with E-state index in [1.165, 1.54) is 77.0 Å². The molecule has 13 nitrogen and oxygen atoms in total. The third-order valence-corrected chi connectivity index (χ3v) is 12.2. The molecule has 0 heterocycles. The number of hydrogen-bond acceptors (Lipinski definition) is 12. The lowest BCUT2D eigenvalue weighted by molar-refractivity contribution is -0.220. The van der Waals surface area contributed by atoms with Crippen molar-refractivity contribution in [1.82, 2.24) is 0 Å². The number of phosphoric acid groups is 1. The van der Waals surface area contributed by atoms with Gasteiger partial charge in [0.2, 0.25) is 0 Å². The molecular formula is C48H87O13P. The molecule has 0 bridgehead atoms. The molecule has 1 aliphatic rings. The lowest BCUT2D eigenvalue weighted by atomic mass is 9.85. The number of aliphatic hydroxyl groups excluding tert-OH is 5. The van der Waals surface area contributed by atoms with E-state index in [1.807, 2.05) is 0 Å². The molecule has 0 saturated heterocycles. The molecule has 1 aliphatic carbocycles. The molecule has 1 saturated carbocycles. The van der Waals surface area contributed by atoms with Crippen LogP contribution >= 0.6 is 7.82 Å². The third kappa shape index (κ3) is 30.3. The number of carbonyl (C=O) groups is 2. The summed E-state index contributed by atoms with van der Waals surface area (Å²) in [5.41, 5.74) is 0. The summed E-state index contributed by atoms with van der Waals surface area (Å²) in [6.07, 6.45) is 30.5.